The molecule has 9 heteroatoms. The molecule has 3 aromatic carbocycles. The second-order valence-corrected chi connectivity index (χ2v) is 9.33. The molecule has 0 radical (unpaired) electrons. The summed E-state index contributed by atoms with van der Waals surface area (Å²) in [5.74, 6) is -0.634. The summed E-state index contributed by atoms with van der Waals surface area (Å²) in [5.41, 5.74) is 2.68. The second kappa shape index (κ2) is 8.76. The highest BCUT2D eigenvalue weighted by Crippen LogP contribution is 2.27. The molecule has 0 aliphatic rings. The average Bonchev–Trinajstić information content (AvgIpc) is 3.20. The van der Waals surface area contributed by atoms with Gasteiger partial charge in [-0.1, -0.05) is 41.3 Å². The lowest BCUT2D eigenvalue weighted by atomic mass is 10.2. The maximum absolute atomic E-state index is 13.5. The Morgan fingerprint density at radius 1 is 1.06 bits per heavy atom. The van der Waals surface area contributed by atoms with Gasteiger partial charge in [0.25, 0.3) is 5.56 Å². The first kappa shape index (κ1) is 21.3. The van der Waals surface area contributed by atoms with Crippen LogP contribution in [-0.4, -0.2) is 26.2 Å². The van der Waals surface area contributed by atoms with Crippen LogP contribution >= 0.6 is 23.1 Å². The predicted molar refractivity (Wildman–Crippen MR) is 131 cm³/mol. The molecule has 0 unspecified atom stereocenters. The van der Waals surface area contributed by atoms with Crippen molar-refractivity contribution in [1.29, 1.82) is 0 Å². The zero-order valence-corrected chi connectivity index (χ0v) is 19.0. The third-order valence-corrected chi connectivity index (χ3v) is 6.82. The number of para-hydroxylation sites is 1. The highest BCUT2D eigenvalue weighted by molar-refractivity contribution is 7.99. The molecule has 0 spiro atoms. The van der Waals surface area contributed by atoms with E-state index in [0.717, 1.165) is 27.5 Å². The molecule has 2 heterocycles. The van der Waals surface area contributed by atoms with Crippen molar-refractivity contribution in [3.05, 3.63) is 88.5 Å². The van der Waals surface area contributed by atoms with Crippen LogP contribution in [0.2, 0.25) is 0 Å². The normalized spacial score (nSPS) is 11.2. The van der Waals surface area contributed by atoms with Gasteiger partial charge in [0.2, 0.25) is 5.91 Å². The number of nitrogens with one attached hydrogen (secondary N) is 1. The number of thiazole rings is 1. The first-order valence-electron chi connectivity index (χ1n) is 10.1. The zero-order valence-electron chi connectivity index (χ0n) is 17.4. The van der Waals surface area contributed by atoms with Crippen LogP contribution in [0.15, 0.2) is 76.7 Å². The lowest BCUT2D eigenvalue weighted by molar-refractivity contribution is -0.113. The van der Waals surface area contributed by atoms with Crippen LogP contribution < -0.4 is 10.9 Å². The summed E-state index contributed by atoms with van der Waals surface area (Å²) in [4.78, 5) is 34.9. The first-order valence-corrected chi connectivity index (χ1v) is 11.9. The van der Waals surface area contributed by atoms with Crippen molar-refractivity contribution in [3.8, 4) is 5.69 Å². The number of amides is 1. The number of hydrogen-bond acceptors (Lipinski definition) is 6. The molecule has 0 bridgehead atoms. The van der Waals surface area contributed by atoms with Crippen LogP contribution in [0.4, 0.5) is 9.52 Å². The molecule has 0 aliphatic heterocycles. The van der Waals surface area contributed by atoms with Crippen LogP contribution in [0.25, 0.3) is 26.8 Å². The van der Waals surface area contributed by atoms with Gasteiger partial charge >= 0.3 is 0 Å². The topological polar surface area (TPSA) is 76.9 Å². The number of carbonyl (C=O) groups is 1. The highest BCUT2D eigenvalue weighted by atomic mass is 32.2. The summed E-state index contributed by atoms with van der Waals surface area (Å²) in [7, 11) is 0. The van der Waals surface area contributed by atoms with Crippen molar-refractivity contribution in [2.24, 2.45) is 0 Å². The fourth-order valence-corrected chi connectivity index (χ4v) is 5.19. The predicted octanol–water partition coefficient (Wildman–Crippen LogP) is 5.17. The van der Waals surface area contributed by atoms with Gasteiger partial charge in [-0.2, -0.15) is 0 Å². The number of benzene rings is 3. The molecule has 5 aromatic rings. The average molecular weight is 477 g/mol. The van der Waals surface area contributed by atoms with E-state index in [4.69, 9.17) is 0 Å². The summed E-state index contributed by atoms with van der Waals surface area (Å²) in [5, 5.41) is 4.13. The van der Waals surface area contributed by atoms with Crippen molar-refractivity contribution in [2.75, 3.05) is 11.1 Å². The maximum Gasteiger partial charge on any atom is 0.266 e. The van der Waals surface area contributed by atoms with Gasteiger partial charge in [-0.05, 0) is 61.0 Å². The van der Waals surface area contributed by atoms with Crippen LogP contribution in [0.5, 0.6) is 0 Å². The molecule has 2 aromatic heterocycles. The first-order chi connectivity index (χ1) is 16.0. The molecule has 5 rings (SSSR count). The van der Waals surface area contributed by atoms with Gasteiger partial charge in [-0.3, -0.25) is 14.2 Å². The number of anilines is 1. The fraction of sp³-hybridized carbons (Fsp3) is 0.0833. The highest BCUT2D eigenvalue weighted by Gasteiger charge is 2.16. The van der Waals surface area contributed by atoms with Gasteiger partial charge in [0, 0.05) is 0 Å². The number of nitrogens with zero attached hydrogens (tertiary/aromatic N) is 3. The van der Waals surface area contributed by atoms with E-state index >= 15 is 0 Å². The number of rotatable bonds is 5. The third kappa shape index (κ3) is 4.37. The van der Waals surface area contributed by atoms with E-state index in [9.17, 15) is 14.0 Å². The lowest BCUT2D eigenvalue weighted by Crippen LogP contribution is -2.23. The molecule has 1 N–H and O–H groups in total. The Morgan fingerprint density at radius 2 is 1.85 bits per heavy atom. The minimum Gasteiger partial charge on any atom is -0.301 e. The Labute approximate surface area is 196 Å². The smallest absolute Gasteiger partial charge is 0.266 e. The van der Waals surface area contributed by atoms with Crippen LogP contribution in [-0.2, 0) is 4.79 Å². The Morgan fingerprint density at radius 3 is 2.67 bits per heavy atom. The van der Waals surface area contributed by atoms with Crippen LogP contribution in [0.1, 0.15) is 5.56 Å². The Balaban J connectivity index is 1.43. The standard InChI is InChI=1S/C24H17FN4O2S2/c1-14-6-11-19-20(12-14)33-23(26-19)28-21(30)13-32-24-27-18-5-3-2-4-17(18)22(31)29(24)16-9-7-15(25)8-10-16/h2-12H,13H2,1H3,(H,26,28,30). The van der Waals surface area contributed by atoms with Crippen molar-refractivity contribution < 1.29 is 9.18 Å². The molecule has 1 amide bonds. The molecule has 0 atom stereocenters. The molecule has 6 nitrogen and oxygen atoms in total. The van der Waals surface area contributed by atoms with Crippen molar-refractivity contribution >= 4 is 55.3 Å². The summed E-state index contributed by atoms with van der Waals surface area (Å²) >= 11 is 2.54. The van der Waals surface area contributed by atoms with Crippen molar-refractivity contribution in [3.63, 3.8) is 0 Å². The van der Waals surface area contributed by atoms with Gasteiger partial charge < -0.3 is 5.32 Å². The molecular weight excluding hydrogens is 459 g/mol. The molecule has 33 heavy (non-hydrogen) atoms. The van der Waals surface area contributed by atoms with Crippen LogP contribution in [0.3, 0.4) is 0 Å². The quantitative estimate of drug-likeness (QED) is 0.280. The van der Waals surface area contributed by atoms with Crippen LogP contribution in [0, 0.1) is 12.7 Å². The molecule has 164 valence electrons. The molecular formula is C24H17FN4O2S2. The summed E-state index contributed by atoms with van der Waals surface area (Å²) in [6.07, 6.45) is 0. The summed E-state index contributed by atoms with van der Waals surface area (Å²) in [6, 6.07) is 18.5. The number of aromatic nitrogens is 3. The minimum absolute atomic E-state index is 0.0287. The van der Waals surface area contributed by atoms with Gasteiger partial charge in [0.15, 0.2) is 10.3 Å². The lowest BCUT2D eigenvalue weighted by Gasteiger charge is -2.13. The fourth-order valence-electron chi connectivity index (χ4n) is 3.40. The molecule has 0 fully saturated rings. The molecule has 0 saturated carbocycles. The molecule has 0 aliphatic carbocycles. The number of halogens is 1. The summed E-state index contributed by atoms with van der Waals surface area (Å²) < 4.78 is 15.9. The van der Waals surface area contributed by atoms with E-state index < -0.39 is 5.82 Å². The zero-order chi connectivity index (χ0) is 22.9. The number of hydrogen-bond donors (Lipinski definition) is 1. The van der Waals surface area contributed by atoms with E-state index in [2.05, 4.69) is 15.3 Å². The Kier molecular flexibility index (Phi) is 5.65. The maximum atomic E-state index is 13.5. The SMILES string of the molecule is Cc1ccc2nc(NC(=O)CSc3nc4ccccc4c(=O)n3-c3ccc(F)cc3)sc2c1. The largest absolute Gasteiger partial charge is 0.301 e. The number of fused-ring (bicyclic) bond motifs is 2. The Hall–Kier alpha value is -3.56. The van der Waals surface area contributed by atoms with Gasteiger partial charge in [0.05, 0.1) is 32.6 Å². The monoisotopic (exact) mass is 476 g/mol. The minimum atomic E-state index is -0.403. The van der Waals surface area contributed by atoms with E-state index in [1.807, 2.05) is 25.1 Å². The van der Waals surface area contributed by atoms with Crippen molar-refractivity contribution in [2.45, 2.75) is 12.1 Å². The van der Waals surface area contributed by atoms with Gasteiger partial charge in [-0.15, -0.1) is 0 Å². The third-order valence-electron chi connectivity index (χ3n) is 4.95. The summed E-state index contributed by atoms with van der Waals surface area (Å²) in [6.45, 7) is 2.01. The number of thioether (sulfide) groups is 1. The second-order valence-electron chi connectivity index (χ2n) is 7.36. The van der Waals surface area contributed by atoms with Gasteiger partial charge in [-0.25, -0.2) is 14.4 Å². The molecule has 0 saturated heterocycles. The van der Waals surface area contributed by atoms with E-state index in [1.165, 1.54) is 40.2 Å². The number of aryl methyl sites for hydroxylation is 1. The van der Waals surface area contributed by atoms with E-state index in [-0.39, 0.29) is 17.2 Å². The Bertz CT molecular complexity index is 1560. The van der Waals surface area contributed by atoms with Crippen molar-refractivity contribution in [1.82, 2.24) is 14.5 Å². The van der Waals surface area contributed by atoms with Gasteiger partial charge in [0.1, 0.15) is 5.82 Å². The van der Waals surface area contributed by atoms with E-state index in [1.54, 1.807) is 24.3 Å². The van der Waals surface area contributed by atoms with E-state index in [0.29, 0.717) is 26.9 Å². The number of carbonyl (C=O) groups excluding carboxylic acids is 1.